The summed E-state index contributed by atoms with van der Waals surface area (Å²) in [6, 6.07) is 16.2. The Labute approximate surface area is 256 Å². The average Bonchev–Trinajstić information content (AvgIpc) is 3.59. The van der Waals surface area contributed by atoms with Crippen LogP contribution in [-0.2, 0) is 21.3 Å². The number of methoxy groups -OCH3 is 1. The molecular formula is C32H36N6O5S. The van der Waals surface area contributed by atoms with Gasteiger partial charge in [0.05, 0.1) is 41.5 Å². The monoisotopic (exact) mass is 616 g/mol. The molecule has 230 valence electrons. The molecule has 12 heteroatoms. The van der Waals surface area contributed by atoms with E-state index in [1.54, 1.807) is 54.7 Å². The van der Waals surface area contributed by atoms with Crippen LogP contribution < -0.4 is 4.74 Å². The first-order valence-electron chi connectivity index (χ1n) is 14.5. The molecule has 1 amide bonds. The minimum absolute atomic E-state index is 0.190. The van der Waals surface area contributed by atoms with E-state index in [9.17, 15) is 13.2 Å². The molecule has 0 bridgehead atoms. The molecule has 1 aliphatic rings. The molecule has 1 aliphatic heterocycles. The quantitative estimate of drug-likeness (QED) is 0.263. The molecule has 5 aromatic rings. The molecule has 11 nitrogen and oxygen atoms in total. The Morgan fingerprint density at radius 3 is 2.25 bits per heavy atom. The number of ether oxygens (including phenoxy) is 2. The van der Waals surface area contributed by atoms with Gasteiger partial charge in [-0.25, -0.2) is 27.2 Å². The van der Waals surface area contributed by atoms with E-state index in [0.717, 1.165) is 33.9 Å². The number of aryl methyl sites for hydroxylation is 1. The minimum Gasteiger partial charge on any atom is -0.497 e. The van der Waals surface area contributed by atoms with Crippen molar-refractivity contribution in [2.75, 3.05) is 33.3 Å². The predicted molar refractivity (Wildman–Crippen MR) is 167 cm³/mol. The van der Waals surface area contributed by atoms with Gasteiger partial charge in [-0.1, -0.05) is 17.7 Å². The van der Waals surface area contributed by atoms with Crippen molar-refractivity contribution in [1.82, 2.24) is 28.1 Å². The number of hydrogen-bond acceptors (Lipinski definition) is 8. The van der Waals surface area contributed by atoms with Crippen LogP contribution in [0.1, 0.15) is 32.2 Å². The van der Waals surface area contributed by atoms with Crippen LogP contribution in [0, 0.1) is 6.92 Å². The second-order valence-electron chi connectivity index (χ2n) is 12.0. The maximum absolute atomic E-state index is 13.7. The summed E-state index contributed by atoms with van der Waals surface area (Å²) in [5.74, 6) is 1.48. The van der Waals surface area contributed by atoms with E-state index in [-0.39, 0.29) is 11.0 Å². The van der Waals surface area contributed by atoms with Crippen LogP contribution in [0.25, 0.3) is 27.9 Å². The van der Waals surface area contributed by atoms with E-state index in [4.69, 9.17) is 14.5 Å². The van der Waals surface area contributed by atoms with Gasteiger partial charge in [0.15, 0.2) is 5.65 Å². The Morgan fingerprint density at radius 2 is 1.61 bits per heavy atom. The highest BCUT2D eigenvalue weighted by Crippen LogP contribution is 2.31. The molecule has 0 radical (unpaired) electrons. The Morgan fingerprint density at radius 1 is 0.932 bits per heavy atom. The number of benzene rings is 2. The maximum atomic E-state index is 13.7. The third-order valence-electron chi connectivity index (χ3n) is 7.67. The number of piperazine rings is 1. The number of carbonyl (C=O) groups excluding carboxylic acids is 1. The van der Waals surface area contributed by atoms with Crippen molar-refractivity contribution in [3.63, 3.8) is 0 Å². The lowest BCUT2D eigenvalue weighted by atomic mass is 10.1. The predicted octanol–water partition coefficient (Wildman–Crippen LogP) is 4.96. The van der Waals surface area contributed by atoms with Crippen LogP contribution >= 0.6 is 0 Å². The van der Waals surface area contributed by atoms with Crippen molar-refractivity contribution >= 4 is 32.8 Å². The molecule has 0 N–H and O–H groups in total. The van der Waals surface area contributed by atoms with Gasteiger partial charge in [-0.2, -0.15) is 0 Å². The SMILES string of the molecule is COc1ccc(-c2nc(CN3CCN(C(=O)OC(C)(C)C)CC3)n3c2cnc2c3ccn2S(=O)(=O)c2ccc(C)cc2)cc1. The molecule has 44 heavy (non-hydrogen) atoms. The zero-order valence-electron chi connectivity index (χ0n) is 25.5. The van der Waals surface area contributed by atoms with E-state index in [2.05, 4.69) is 9.88 Å². The first-order valence-corrected chi connectivity index (χ1v) is 15.9. The third kappa shape index (κ3) is 5.62. The molecule has 0 aliphatic carbocycles. The average molecular weight is 617 g/mol. The summed E-state index contributed by atoms with van der Waals surface area (Å²) in [5, 5.41) is 0. The normalized spacial score (nSPS) is 14.8. The van der Waals surface area contributed by atoms with Crippen LogP contribution in [0.4, 0.5) is 4.79 Å². The zero-order chi connectivity index (χ0) is 31.2. The van der Waals surface area contributed by atoms with Crippen molar-refractivity contribution in [3.8, 4) is 17.0 Å². The topological polar surface area (TPSA) is 111 Å². The number of nitrogens with zero attached hydrogens (tertiary/aromatic N) is 6. The first kappa shape index (κ1) is 29.6. The van der Waals surface area contributed by atoms with Gasteiger partial charge in [0, 0.05) is 37.9 Å². The van der Waals surface area contributed by atoms with Crippen molar-refractivity contribution in [2.45, 2.75) is 44.7 Å². The fourth-order valence-electron chi connectivity index (χ4n) is 5.39. The van der Waals surface area contributed by atoms with Crippen molar-refractivity contribution in [1.29, 1.82) is 0 Å². The maximum Gasteiger partial charge on any atom is 0.410 e. The van der Waals surface area contributed by atoms with E-state index in [0.29, 0.717) is 43.9 Å². The number of hydrogen-bond donors (Lipinski definition) is 0. The van der Waals surface area contributed by atoms with E-state index in [1.165, 1.54) is 3.97 Å². The zero-order valence-corrected chi connectivity index (χ0v) is 26.3. The van der Waals surface area contributed by atoms with Gasteiger partial charge in [-0.3, -0.25) is 9.30 Å². The fraction of sp³-hybridized carbons (Fsp3) is 0.344. The number of rotatable bonds is 6. The number of amides is 1. The van der Waals surface area contributed by atoms with Crippen molar-refractivity contribution in [3.05, 3.63) is 78.4 Å². The lowest BCUT2D eigenvalue weighted by Gasteiger charge is -2.35. The van der Waals surface area contributed by atoms with Crippen LogP contribution in [0.3, 0.4) is 0 Å². The lowest BCUT2D eigenvalue weighted by molar-refractivity contribution is 0.0137. The Kier molecular flexibility index (Phi) is 7.58. The van der Waals surface area contributed by atoms with Crippen LogP contribution in [0.15, 0.2) is 71.9 Å². The minimum atomic E-state index is -3.88. The second-order valence-corrected chi connectivity index (χ2v) is 13.8. The molecular weight excluding hydrogens is 580 g/mol. The summed E-state index contributed by atoms with van der Waals surface area (Å²) in [4.78, 5) is 26.5. The lowest BCUT2D eigenvalue weighted by Crippen LogP contribution is -2.49. The number of carbonyl (C=O) groups is 1. The second kappa shape index (κ2) is 11.3. The Bertz CT molecular complexity index is 1930. The van der Waals surface area contributed by atoms with Crippen LogP contribution in [-0.4, -0.2) is 81.5 Å². The van der Waals surface area contributed by atoms with Crippen LogP contribution in [0.5, 0.6) is 5.75 Å². The molecule has 3 aromatic heterocycles. The fourth-order valence-corrected chi connectivity index (χ4v) is 6.68. The van der Waals surface area contributed by atoms with E-state index >= 15 is 0 Å². The van der Waals surface area contributed by atoms with Gasteiger partial charge < -0.3 is 14.4 Å². The standard InChI is InChI=1S/C32H36N6O5S/c1-22-6-12-25(13-7-22)44(40,41)37-15-14-26-30(37)33-20-27-29(23-8-10-24(42-5)11-9-23)34-28(38(26)27)21-35-16-18-36(19-17-35)31(39)43-32(2,3)4/h6-15,20H,16-19,21H2,1-5H3. The van der Waals surface area contributed by atoms with Gasteiger partial charge in [-0.15, -0.1) is 0 Å². The van der Waals surface area contributed by atoms with E-state index in [1.807, 2.05) is 56.4 Å². The van der Waals surface area contributed by atoms with Gasteiger partial charge in [-0.05, 0) is 70.2 Å². The largest absolute Gasteiger partial charge is 0.497 e. The summed E-state index contributed by atoms with van der Waals surface area (Å²) in [6.07, 6.45) is 2.91. The highest BCUT2D eigenvalue weighted by molar-refractivity contribution is 7.90. The van der Waals surface area contributed by atoms with Crippen molar-refractivity contribution in [2.24, 2.45) is 0 Å². The molecule has 0 atom stereocenters. The van der Waals surface area contributed by atoms with Gasteiger partial charge in [0.1, 0.15) is 17.2 Å². The molecule has 0 spiro atoms. The molecule has 1 fully saturated rings. The summed E-state index contributed by atoms with van der Waals surface area (Å²) >= 11 is 0. The summed E-state index contributed by atoms with van der Waals surface area (Å²) in [5.41, 5.74) is 3.75. The molecule has 1 saturated heterocycles. The van der Waals surface area contributed by atoms with Crippen molar-refractivity contribution < 1.29 is 22.7 Å². The molecule has 0 saturated carbocycles. The molecule has 0 unspecified atom stereocenters. The Balaban J connectivity index is 1.39. The molecule has 6 rings (SSSR count). The summed E-state index contributed by atoms with van der Waals surface area (Å²) in [7, 11) is -2.26. The number of aromatic nitrogens is 4. The van der Waals surface area contributed by atoms with Gasteiger partial charge in [0.2, 0.25) is 0 Å². The highest BCUT2D eigenvalue weighted by atomic mass is 32.2. The smallest absolute Gasteiger partial charge is 0.410 e. The number of imidazole rings is 1. The molecule has 2 aromatic carbocycles. The molecule has 4 heterocycles. The first-order chi connectivity index (χ1) is 20.9. The summed E-state index contributed by atoms with van der Waals surface area (Å²) in [6.45, 7) is 10.3. The van der Waals surface area contributed by atoms with Crippen LogP contribution in [0.2, 0.25) is 0 Å². The van der Waals surface area contributed by atoms with Gasteiger partial charge >= 0.3 is 6.09 Å². The Hall–Kier alpha value is -4.42. The van der Waals surface area contributed by atoms with Gasteiger partial charge in [0.25, 0.3) is 10.0 Å². The summed E-state index contributed by atoms with van der Waals surface area (Å²) < 4.78 is 41.4. The number of fused-ring (bicyclic) bond motifs is 3. The highest BCUT2D eigenvalue weighted by Gasteiger charge is 2.28. The van der Waals surface area contributed by atoms with E-state index < -0.39 is 15.6 Å². The third-order valence-corrected chi connectivity index (χ3v) is 9.35.